The van der Waals surface area contributed by atoms with E-state index < -0.39 is 0 Å². The SMILES string of the molecule is C/C1=C(\C)OCC2(CC2)CS[C@@H](C)[C@@H](C)OC1. The fourth-order valence-corrected chi connectivity index (χ4v) is 3.17. The Morgan fingerprint density at radius 2 is 1.94 bits per heavy atom. The highest BCUT2D eigenvalue weighted by molar-refractivity contribution is 7.99. The van der Waals surface area contributed by atoms with Crippen molar-refractivity contribution in [3.63, 3.8) is 0 Å². The molecule has 3 heteroatoms. The molecule has 1 fully saturated rings. The van der Waals surface area contributed by atoms with Crippen LogP contribution in [0.2, 0.25) is 0 Å². The van der Waals surface area contributed by atoms with Gasteiger partial charge in [-0.3, -0.25) is 0 Å². The van der Waals surface area contributed by atoms with Crippen LogP contribution < -0.4 is 0 Å². The average Bonchev–Trinajstić information content (AvgIpc) is 3.09. The molecule has 2 aliphatic rings. The minimum atomic E-state index is 0.316. The Balaban J connectivity index is 2.05. The fraction of sp³-hybridized carbons (Fsp3) is 0.857. The second kappa shape index (κ2) is 5.23. The molecule has 1 aliphatic heterocycles. The first-order chi connectivity index (χ1) is 8.02. The van der Waals surface area contributed by atoms with Gasteiger partial charge in [0.05, 0.1) is 25.1 Å². The largest absolute Gasteiger partial charge is 0.498 e. The van der Waals surface area contributed by atoms with E-state index in [0.29, 0.717) is 23.4 Å². The van der Waals surface area contributed by atoms with Crippen LogP contribution in [-0.2, 0) is 9.47 Å². The molecule has 0 radical (unpaired) electrons. The number of hydrogen-bond donors (Lipinski definition) is 0. The summed E-state index contributed by atoms with van der Waals surface area (Å²) in [5.74, 6) is 2.27. The zero-order valence-electron chi connectivity index (χ0n) is 11.4. The van der Waals surface area contributed by atoms with E-state index in [9.17, 15) is 0 Å². The van der Waals surface area contributed by atoms with Crippen LogP contribution >= 0.6 is 11.8 Å². The highest BCUT2D eigenvalue weighted by atomic mass is 32.2. The van der Waals surface area contributed by atoms with E-state index in [1.165, 1.54) is 24.2 Å². The first-order valence-electron chi connectivity index (χ1n) is 6.55. The lowest BCUT2D eigenvalue weighted by Gasteiger charge is -2.21. The van der Waals surface area contributed by atoms with Crippen LogP contribution in [0.15, 0.2) is 11.3 Å². The molecule has 17 heavy (non-hydrogen) atoms. The van der Waals surface area contributed by atoms with Gasteiger partial charge in [0.2, 0.25) is 0 Å². The zero-order valence-corrected chi connectivity index (χ0v) is 12.2. The Morgan fingerprint density at radius 1 is 1.24 bits per heavy atom. The molecule has 0 aromatic heterocycles. The maximum Gasteiger partial charge on any atom is 0.0941 e. The summed E-state index contributed by atoms with van der Waals surface area (Å²) in [4.78, 5) is 0. The minimum Gasteiger partial charge on any atom is -0.498 e. The maximum atomic E-state index is 5.92. The van der Waals surface area contributed by atoms with E-state index in [-0.39, 0.29) is 0 Å². The lowest BCUT2D eigenvalue weighted by molar-refractivity contribution is 0.0809. The summed E-state index contributed by atoms with van der Waals surface area (Å²) in [6.45, 7) is 10.2. The first-order valence-corrected chi connectivity index (χ1v) is 7.60. The second-order valence-corrected chi connectivity index (χ2v) is 7.02. The summed E-state index contributed by atoms with van der Waals surface area (Å²) in [5.41, 5.74) is 1.69. The molecule has 1 saturated carbocycles. The monoisotopic (exact) mass is 256 g/mol. The molecule has 1 aliphatic carbocycles. The van der Waals surface area contributed by atoms with Gasteiger partial charge in [-0.05, 0) is 39.2 Å². The van der Waals surface area contributed by atoms with Crippen molar-refractivity contribution in [3.05, 3.63) is 11.3 Å². The van der Waals surface area contributed by atoms with Crippen molar-refractivity contribution in [2.45, 2.75) is 51.9 Å². The van der Waals surface area contributed by atoms with Crippen molar-refractivity contribution < 1.29 is 9.47 Å². The smallest absolute Gasteiger partial charge is 0.0941 e. The average molecular weight is 256 g/mol. The van der Waals surface area contributed by atoms with E-state index in [0.717, 1.165) is 12.4 Å². The van der Waals surface area contributed by atoms with Gasteiger partial charge >= 0.3 is 0 Å². The van der Waals surface area contributed by atoms with E-state index in [4.69, 9.17) is 9.47 Å². The first kappa shape index (κ1) is 13.3. The van der Waals surface area contributed by atoms with Crippen LogP contribution in [0.1, 0.15) is 40.5 Å². The lowest BCUT2D eigenvalue weighted by Crippen LogP contribution is -2.23. The van der Waals surface area contributed by atoms with Crippen molar-refractivity contribution in [1.29, 1.82) is 0 Å². The van der Waals surface area contributed by atoms with E-state index >= 15 is 0 Å². The third kappa shape index (κ3) is 3.41. The Bertz CT molecular complexity index is 307. The lowest BCUT2D eigenvalue weighted by atomic mass is 10.1. The second-order valence-electron chi connectivity index (χ2n) is 5.66. The van der Waals surface area contributed by atoms with Gasteiger partial charge in [-0.1, -0.05) is 6.92 Å². The van der Waals surface area contributed by atoms with Gasteiger partial charge in [-0.2, -0.15) is 11.8 Å². The van der Waals surface area contributed by atoms with Crippen LogP contribution in [0.4, 0.5) is 0 Å². The van der Waals surface area contributed by atoms with Crippen molar-refractivity contribution >= 4 is 11.8 Å². The number of thioether (sulfide) groups is 1. The highest BCUT2D eigenvalue weighted by Crippen LogP contribution is 2.49. The summed E-state index contributed by atoms with van der Waals surface area (Å²) >= 11 is 2.04. The zero-order chi connectivity index (χ0) is 12.5. The molecule has 0 saturated heterocycles. The molecule has 98 valence electrons. The van der Waals surface area contributed by atoms with Crippen molar-refractivity contribution in [1.82, 2.24) is 0 Å². The summed E-state index contributed by atoms with van der Waals surface area (Å²) in [7, 11) is 0. The molecule has 1 spiro atoms. The summed E-state index contributed by atoms with van der Waals surface area (Å²) in [6.07, 6.45) is 2.97. The van der Waals surface area contributed by atoms with Gasteiger partial charge in [0.25, 0.3) is 0 Å². The summed E-state index contributed by atoms with van der Waals surface area (Å²) in [6, 6.07) is 0. The third-order valence-corrected chi connectivity index (χ3v) is 5.72. The molecule has 2 atom stereocenters. The van der Waals surface area contributed by atoms with Crippen LogP contribution in [0.25, 0.3) is 0 Å². The van der Waals surface area contributed by atoms with Gasteiger partial charge in [-0.25, -0.2) is 0 Å². The minimum absolute atomic E-state index is 0.316. The topological polar surface area (TPSA) is 18.5 Å². The quantitative estimate of drug-likeness (QED) is 0.659. The van der Waals surface area contributed by atoms with Crippen molar-refractivity contribution in [3.8, 4) is 0 Å². The molecule has 0 amide bonds. The van der Waals surface area contributed by atoms with Gasteiger partial charge in [0, 0.05) is 16.4 Å². The van der Waals surface area contributed by atoms with E-state index in [2.05, 4.69) is 27.7 Å². The molecular formula is C14H24O2S. The normalized spacial score (nSPS) is 38.4. The highest BCUT2D eigenvalue weighted by Gasteiger charge is 2.44. The standard InChI is InChI=1S/C14H24O2S/c1-10-7-15-12(3)13(4)17-9-14(5-6-14)8-16-11(10)2/h12-13H,5-9H2,1-4H3/b11-10-/t12-,13+/m1/s1. The van der Waals surface area contributed by atoms with Gasteiger partial charge < -0.3 is 9.47 Å². The van der Waals surface area contributed by atoms with Crippen molar-refractivity contribution in [2.24, 2.45) is 5.41 Å². The predicted molar refractivity (Wildman–Crippen MR) is 73.3 cm³/mol. The van der Waals surface area contributed by atoms with E-state index in [1.54, 1.807) is 0 Å². The van der Waals surface area contributed by atoms with Crippen LogP contribution in [0, 0.1) is 5.41 Å². The molecule has 2 rings (SSSR count). The van der Waals surface area contributed by atoms with Gasteiger partial charge in [0.15, 0.2) is 0 Å². The van der Waals surface area contributed by atoms with E-state index in [1.807, 2.05) is 11.8 Å². The number of hydrogen-bond acceptors (Lipinski definition) is 3. The Morgan fingerprint density at radius 3 is 2.59 bits per heavy atom. The molecule has 2 nitrogen and oxygen atoms in total. The molecule has 0 aromatic rings. The Hall–Kier alpha value is -0.150. The van der Waals surface area contributed by atoms with Gasteiger partial charge in [-0.15, -0.1) is 0 Å². The molecule has 0 unspecified atom stereocenters. The third-order valence-electron chi connectivity index (χ3n) is 4.03. The number of allylic oxidation sites excluding steroid dienone is 1. The summed E-state index contributed by atoms with van der Waals surface area (Å²) < 4.78 is 11.8. The fourth-order valence-electron chi connectivity index (χ4n) is 1.83. The molecular weight excluding hydrogens is 232 g/mol. The summed E-state index contributed by atoms with van der Waals surface area (Å²) in [5, 5.41) is 0.568. The molecule has 1 heterocycles. The molecule has 0 N–H and O–H groups in total. The Kier molecular flexibility index (Phi) is 4.09. The predicted octanol–water partition coefficient (Wildman–Crippen LogP) is 3.62. The molecule has 0 bridgehead atoms. The molecule has 0 aromatic carbocycles. The number of ether oxygens (including phenoxy) is 2. The van der Waals surface area contributed by atoms with Crippen LogP contribution in [-0.4, -0.2) is 30.3 Å². The Labute approximate surface area is 109 Å². The van der Waals surface area contributed by atoms with Gasteiger partial charge in [0.1, 0.15) is 0 Å². The maximum absolute atomic E-state index is 5.92. The van der Waals surface area contributed by atoms with Crippen molar-refractivity contribution in [2.75, 3.05) is 19.0 Å². The number of rotatable bonds is 0. The van der Waals surface area contributed by atoms with Crippen LogP contribution in [0.5, 0.6) is 0 Å². The van der Waals surface area contributed by atoms with Crippen LogP contribution in [0.3, 0.4) is 0 Å².